The van der Waals surface area contributed by atoms with Crippen LogP contribution in [-0.4, -0.2) is 30.6 Å². The van der Waals surface area contributed by atoms with Gasteiger partial charge < -0.3 is 20.1 Å². The van der Waals surface area contributed by atoms with Crippen LogP contribution in [0, 0.1) is 5.92 Å². The van der Waals surface area contributed by atoms with Gasteiger partial charge in [0.1, 0.15) is 11.5 Å². The highest BCUT2D eigenvalue weighted by Gasteiger charge is 2.09. The van der Waals surface area contributed by atoms with Crippen LogP contribution < -0.4 is 20.1 Å². The van der Waals surface area contributed by atoms with Crippen LogP contribution in [0.2, 0.25) is 0 Å². The molecule has 2 N–H and O–H groups in total. The molecule has 0 aliphatic heterocycles. The number of hydrogen-bond acceptors (Lipinski definition) is 4. The number of rotatable bonds is 8. The van der Waals surface area contributed by atoms with E-state index in [0.717, 1.165) is 23.0 Å². The lowest BCUT2D eigenvalue weighted by molar-refractivity contribution is 0.339. The number of ether oxygens (including phenoxy) is 2. The summed E-state index contributed by atoms with van der Waals surface area (Å²) >= 11 is 0. The number of nitrogens with zero attached hydrogens (tertiary/aromatic N) is 2. The minimum absolute atomic E-state index is 0.340. The molecule has 2 rings (SSSR count). The highest BCUT2D eigenvalue weighted by Crippen LogP contribution is 2.23. The average Bonchev–Trinajstić information content (AvgIpc) is 2.67. The molecule has 1 unspecified atom stereocenters. The standard InChI is InChI=1S/C21H30N4O2/c1-6-26-18-7-9-19(10-8-18)27-20-13-17(11-12-23-20)14-24-21(22-5)25-16(4)15(2)3/h7-13,15-16H,6,14H2,1-5H3,(H2,22,24,25). The molecule has 1 atom stereocenters. The zero-order valence-electron chi connectivity index (χ0n) is 16.8. The summed E-state index contributed by atoms with van der Waals surface area (Å²) in [6.45, 7) is 9.74. The van der Waals surface area contributed by atoms with Crippen LogP contribution in [0.25, 0.3) is 0 Å². The summed E-state index contributed by atoms with van der Waals surface area (Å²) in [5, 5.41) is 6.71. The molecule has 1 aromatic heterocycles. The second-order valence-electron chi connectivity index (χ2n) is 6.61. The fraction of sp³-hybridized carbons (Fsp3) is 0.429. The van der Waals surface area contributed by atoms with Gasteiger partial charge in [0.25, 0.3) is 0 Å². The van der Waals surface area contributed by atoms with E-state index in [0.29, 0.717) is 31.0 Å². The van der Waals surface area contributed by atoms with E-state index >= 15 is 0 Å². The van der Waals surface area contributed by atoms with Gasteiger partial charge >= 0.3 is 0 Å². The first kappa shape index (κ1) is 20.6. The first-order valence-electron chi connectivity index (χ1n) is 9.34. The van der Waals surface area contributed by atoms with Gasteiger partial charge in [0.15, 0.2) is 5.96 Å². The summed E-state index contributed by atoms with van der Waals surface area (Å²) in [5.74, 6) is 3.40. The van der Waals surface area contributed by atoms with E-state index in [4.69, 9.17) is 9.47 Å². The smallest absolute Gasteiger partial charge is 0.219 e. The van der Waals surface area contributed by atoms with E-state index in [1.54, 1.807) is 13.2 Å². The first-order chi connectivity index (χ1) is 13.0. The molecule has 1 heterocycles. The lowest BCUT2D eigenvalue weighted by Gasteiger charge is -2.20. The lowest BCUT2D eigenvalue weighted by Crippen LogP contribution is -2.43. The molecule has 146 valence electrons. The maximum Gasteiger partial charge on any atom is 0.219 e. The summed E-state index contributed by atoms with van der Waals surface area (Å²) in [4.78, 5) is 8.56. The van der Waals surface area contributed by atoms with Gasteiger partial charge in [-0.1, -0.05) is 13.8 Å². The van der Waals surface area contributed by atoms with Gasteiger partial charge in [0.2, 0.25) is 5.88 Å². The Labute approximate surface area is 162 Å². The van der Waals surface area contributed by atoms with Crippen LogP contribution in [0.5, 0.6) is 17.4 Å². The van der Waals surface area contributed by atoms with Gasteiger partial charge in [-0.3, -0.25) is 4.99 Å². The summed E-state index contributed by atoms with van der Waals surface area (Å²) < 4.78 is 11.3. The van der Waals surface area contributed by atoms with Gasteiger partial charge in [0, 0.05) is 31.9 Å². The molecule has 2 aromatic rings. The predicted octanol–water partition coefficient (Wildman–Crippen LogP) is 3.98. The van der Waals surface area contributed by atoms with Gasteiger partial charge in [-0.05, 0) is 55.7 Å². The van der Waals surface area contributed by atoms with E-state index in [2.05, 4.69) is 41.4 Å². The monoisotopic (exact) mass is 370 g/mol. The maximum atomic E-state index is 5.84. The Balaban J connectivity index is 1.94. The average molecular weight is 370 g/mol. The third-order valence-electron chi connectivity index (χ3n) is 4.20. The van der Waals surface area contributed by atoms with Crippen molar-refractivity contribution in [1.29, 1.82) is 0 Å². The Bertz CT molecular complexity index is 729. The molecule has 6 heteroatoms. The predicted molar refractivity (Wildman–Crippen MR) is 110 cm³/mol. The zero-order chi connectivity index (χ0) is 19.6. The third kappa shape index (κ3) is 6.81. The molecule has 0 spiro atoms. The SMILES string of the molecule is CCOc1ccc(Oc2cc(CNC(=NC)NC(C)C(C)C)ccn2)cc1. The summed E-state index contributed by atoms with van der Waals surface area (Å²) in [6, 6.07) is 11.7. The Hall–Kier alpha value is -2.76. The van der Waals surface area contributed by atoms with Crippen LogP contribution in [0.15, 0.2) is 47.6 Å². The second kappa shape index (κ2) is 10.4. The van der Waals surface area contributed by atoms with Gasteiger partial charge in [-0.15, -0.1) is 0 Å². The van der Waals surface area contributed by atoms with Crippen LogP contribution in [0.1, 0.15) is 33.3 Å². The number of aliphatic imine (C=N–C) groups is 1. The highest BCUT2D eigenvalue weighted by atomic mass is 16.5. The van der Waals surface area contributed by atoms with Crippen LogP contribution in [0.4, 0.5) is 0 Å². The van der Waals surface area contributed by atoms with E-state index in [-0.39, 0.29) is 0 Å². The lowest BCUT2D eigenvalue weighted by atomic mass is 10.1. The summed E-state index contributed by atoms with van der Waals surface area (Å²) in [5.41, 5.74) is 1.06. The molecule has 6 nitrogen and oxygen atoms in total. The molecule has 0 radical (unpaired) electrons. The molecule has 0 aliphatic carbocycles. The molecule has 27 heavy (non-hydrogen) atoms. The molecule has 0 bridgehead atoms. The molecule has 0 saturated heterocycles. The van der Waals surface area contributed by atoms with Crippen molar-refractivity contribution in [2.45, 2.75) is 40.3 Å². The Morgan fingerprint density at radius 2 is 1.81 bits per heavy atom. The van der Waals surface area contributed by atoms with Crippen molar-refractivity contribution in [1.82, 2.24) is 15.6 Å². The van der Waals surface area contributed by atoms with Crippen molar-refractivity contribution in [3.8, 4) is 17.4 Å². The number of pyridine rings is 1. The molecular weight excluding hydrogens is 340 g/mol. The number of guanidine groups is 1. The molecule has 0 aliphatic rings. The van der Waals surface area contributed by atoms with Crippen molar-refractivity contribution in [2.75, 3.05) is 13.7 Å². The quantitative estimate of drug-likeness (QED) is 0.543. The minimum Gasteiger partial charge on any atom is -0.494 e. The van der Waals surface area contributed by atoms with E-state index in [9.17, 15) is 0 Å². The number of benzene rings is 1. The Kier molecular flexibility index (Phi) is 7.92. The Morgan fingerprint density at radius 1 is 1.11 bits per heavy atom. The van der Waals surface area contributed by atoms with Crippen molar-refractivity contribution < 1.29 is 9.47 Å². The zero-order valence-corrected chi connectivity index (χ0v) is 16.8. The Morgan fingerprint density at radius 3 is 2.44 bits per heavy atom. The topological polar surface area (TPSA) is 67.8 Å². The van der Waals surface area contributed by atoms with Gasteiger partial charge in [-0.2, -0.15) is 0 Å². The molecule has 0 fully saturated rings. The molecule has 0 amide bonds. The molecular formula is C21H30N4O2. The largest absolute Gasteiger partial charge is 0.494 e. The molecule has 1 aromatic carbocycles. The van der Waals surface area contributed by atoms with Crippen LogP contribution in [-0.2, 0) is 6.54 Å². The maximum absolute atomic E-state index is 5.84. The summed E-state index contributed by atoms with van der Waals surface area (Å²) in [6.07, 6.45) is 1.74. The normalized spacial score (nSPS) is 12.6. The van der Waals surface area contributed by atoms with Gasteiger partial charge in [-0.25, -0.2) is 4.98 Å². The molecule has 0 saturated carbocycles. The van der Waals surface area contributed by atoms with E-state index < -0.39 is 0 Å². The first-order valence-corrected chi connectivity index (χ1v) is 9.34. The van der Waals surface area contributed by atoms with Gasteiger partial charge in [0.05, 0.1) is 6.61 Å². The van der Waals surface area contributed by atoms with Crippen molar-refractivity contribution in [3.63, 3.8) is 0 Å². The highest BCUT2D eigenvalue weighted by molar-refractivity contribution is 5.79. The van der Waals surface area contributed by atoms with Crippen molar-refractivity contribution >= 4 is 5.96 Å². The van der Waals surface area contributed by atoms with E-state index in [1.807, 2.05) is 43.3 Å². The van der Waals surface area contributed by atoms with Crippen LogP contribution in [0.3, 0.4) is 0 Å². The van der Waals surface area contributed by atoms with Crippen molar-refractivity contribution in [2.24, 2.45) is 10.9 Å². The second-order valence-corrected chi connectivity index (χ2v) is 6.61. The third-order valence-corrected chi connectivity index (χ3v) is 4.20. The fourth-order valence-electron chi connectivity index (χ4n) is 2.27. The van der Waals surface area contributed by atoms with Crippen molar-refractivity contribution in [3.05, 3.63) is 48.2 Å². The number of aromatic nitrogens is 1. The fourth-order valence-corrected chi connectivity index (χ4v) is 2.27. The number of nitrogens with one attached hydrogen (secondary N) is 2. The number of hydrogen-bond donors (Lipinski definition) is 2. The van der Waals surface area contributed by atoms with E-state index in [1.165, 1.54) is 0 Å². The summed E-state index contributed by atoms with van der Waals surface area (Å²) in [7, 11) is 1.77. The minimum atomic E-state index is 0.340. The van der Waals surface area contributed by atoms with Crippen LogP contribution >= 0.6 is 0 Å².